The number of aromatic nitrogens is 4. The van der Waals surface area contributed by atoms with Crippen LogP contribution in [0.25, 0.3) is 10.9 Å². The molecule has 5 nitrogen and oxygen atoms in total. The van der Waals surface area contributed by atoms with Crippen molar-refractivity contribution in [2.75, 3.05) is 5.75 Å². The molecule has 0 N–H and O–H groups in total. The zero-order chi connectivity index (χ0) is 19.1. The Morgan fingerprint density at radius 3 is 2.70 bits per heavy atom. The van der Waals surface area contributed by atoms with Gasteiger partial charge in [-0.05, 0) is 43.4 Å². The van der Waals surface area contributed by atoms with Crippen molar-refractivity contribution in [1.29, 1.82) is 0 Å². The van der Waals surface area contributed by atoms with E-state index in [1.807, 2.05) is 52.0 Å². The quantitative estimate of drug-likeness (QED) is 0.291. The van der Waals surface area contributed by atoms with Crippen LogP contribution in [-0.4, -0.2) is 25.1 Å². The standard InChI is InChI=1S/C21H28N4OS/c1-17(2)11-15-25-20(26)18-9-4-5-10-19(18)23-21(25)27-16-7-3-6-13-24-14-8-12-22-24/h4-5,8-10,12,14,17H,3,6-7,11,13,15-16H2,1-2H3. The van der Waals surface area contributed by atoms with Gasteiger partial charge in [0, 0.05) is 31.2 Å². The molecule has 0 unspecified atom stereocenters. The summed E-state index contributed by atoms with van der Waals surface area (Å²) in [5, 5.41) is 5.80. The number of rotatable bonds is 10. The van der Waals surface area contributed by atoms with Gasteiger partial charge in [-0.1, -0.05) is 44.2 Å². The van der Waals surface area contributed by atoms with Crippen LogP contribution in [0.4, 0.5) is 0 Å². The molecule has 27 heavy (non-hydrogen) atoms. The van der Waals surface area contributed by atoms with E-state index in [1.165, 1.54) is 0 Å². The van der Waals surface area contributed by atoms with Crippen molar-refractivity contribution in [3.8, 4) is 0 Å². The van der Waals surface area contributed by atoms with Crippen molar-refractivity contribution in [2.45, 2.75) is 57.8 Å². The normalized spacial score (nSPS) is 11.5. The Bertz CT molecular complexity index is 902. The van der Waals surface area contributed by atoms with Crippen LogP contribution in [0, 0.1) is 5.92 Å². The highest BCUT2D eigenvalue weighted by Crippen LogP contribution is 2.20. The van der Waals surface area contributed by atoms with Crippen LogP contribution in [-0.2, 0) is 13.1 Å². The molecule has 2 aromatic heterocycles. The molecule has 144 valence electrons. The van der Waals surface area contributed by atoms with Gasteiger partial charge in [0.25, 0.3) is 5.56 Å². The lowest BCUT2D eigenvalue weighted by Crippen LogP contribution is -2.24. The van der Waals surface area contributed by atoms with E-state index in [4.69, 9.17) is 4.98 Å². The van der Waals surface area contributed by atoms with Crippen LogP contribution in [0.5, 0.6) is 0 Å². The summed E-state index contributed by atoms with van der Waals surface area (Å²) in [6.07, 6.45) is 8.18. The number of aryl methyl sites for hydroxylation is 1. The van der Waals surface area contributed by atoms with Crippen molar-refractivity contribution in [1.82, 2.24) is 19.3 Å². The molecular formula is C21H28N4OS. The minimum atomic E-state index is 0.0856. The lowest BCUT2D eigenvalue weighted by molar-refractivity contribution is 0.480. The van der Waals surface area contributed by atoms with Crippen LogP contribution in [0.2, 0.25) is 0 Å². The summed E-state index contributed by atoms with van der Waals surface area (Å²) >= 11 is 1.71. The van der Waals surface area contributed by atoms with E-state index in [0.29, 0.717) is 11.3 Å². The summed E-state index contributed by atoms with van der Waals surface area (Å²) in [5.74, 6) is 1.54. The Kier molecular flexibility index (Phi) is 7.10. The molecule has 0 saturated heterocycles. The van der Waals surface area contributed by atoms with Crippen molar-refractivity contribution in [3.05, 3.63) is 53.1 Å². The molecule has 0 atom stereocenters. The molecule has 0 saturated carbocycles. The third kappa shape index (κ3) is 5.45. The van der Waals surface area contributed by atoms with Gasteiger partial charge >= 0.3 is 0 Å². The van der Waals surface area contributed by atoms with Crippen molar-refractivity contribution >= 4 is 22.7 Å². The zero-order valence-corrected chi connectivity index (χ0v) is 17.0. The molecule has 1 aromatic carbocycles. The van der Waals surface area contributed by atoms with Gasteiger partial charge in [-0.3, -0.25) is 14.0 Å². The maximum Gasteiger partial charge on any atom is 0.262 e. The van der Waals surface area contributed by atoms with E-state index in [2.05, 4.69) is 18.9 Å². The largest absolute Gasteiger partial charge is 0.287 e. The van der Waals surface area contributed by atoms with Gasteiger partial charge in [-0.2, -0.15) is 5.10 Å². The average Bonchev–Trinajstić information content (AvgIpc) is 3.17. The smallest absolute Gasteiger partial charge is 0.262 e. The van der Waals surface area contributed by atoms with E-state index < -0.39 is 0 Å². The summed E-state index contributed by atoms with van der Waals surface area (Å²) in [6.45, 7) is 6.07. The monoisotopic (exact) mass is 384 g/mol. The van der Waals surface area contributed by atoms with E-state index in [-0.39, 0.29) is 5.56 Å². The number of hydrogen-bond donors (Lipinski definition) is 0. The average molecular weight is 385 g/mol. The molecule has 0 radical (unpaired) electrons. The predicted molar refractivity (Wildman–Crippen MR) is 112 cm³/mol. The molecule has 6 heteroatoms. The zero-order valence-electron chi connectivity index (χ0n) is 16.2. The van der Waals surface area contributed by atoms with E-state index in [1.54, 1.807) is 11.8 Å². The van der Waals surface area contributed by atoms with Gasteiger partial charge in [0.1, 0.15) is 0 Å². The number of unbranched alkanes of at least 4 members (excludes halogenated alkanes) is 2. The summed E-state index contributed by atoms with van der Waals surface area (Å²) in [6, 6.07) is 9.61. The first-order valence-electron chi connectivity index (χ1n) is 9.75. The van der Waals surface area contributed by atoms with Crippen LogP contribution in [0.3, 0.4) is 0 Å². The first-order chi connectivity index (χ1) is 13.1. The Morgan fingerprint density at radius 1 is 1.07 bits per heavy atom. The molecule has 3 rings (SSSR count). The van der Waals surface area contributed by atoms with Crippen LogP contribution in [0.1, 0.15) is 39.5 Å². The molecular weight excluding hydrogens is 356 g/mol. The molecule has 0 amide bonds. The molecule has 3 aromatic rings. The van der Waals surface area contributed by atoms with E-state index in [9.17, 15) is 4.79 Å². The highest BCUT2D eigenvalue weighted by molar-refractivity contribution is 7.99. The second-order valence-electron chi connectivity index (χ2n) is 7.23. The second kappa shape index (κ2) is 9.74. The van der Waals surface area contributed by atoms with Gasteiger partial charge < -0.3 is 0 Å². The molecule has 2 heterocycles. The number of hydrogen-bond acceptors (Lipinski definition) is 4. The Labute approximate surface area is 164 Å². The fourth-order valence-electron chi connectivity index (χ4n) is 2.99. The van der Waals surface area contributed by atoms with Crippen molar-refractivity contribution < 1.29 is 0 Å². The fourth-order valence-corrected chi connectivity index (χ4v) is 4.02. The highest BCUT2D eigenvalue weighted by atomic mass is 32.2. The lowest BCUT2D eigenvalue weighted by atomic mass is 10.1. The summed E-state index contributed by atoms with van der Waals surface area (Å²) < 4.78 is 3.85. The van der Waals surface area contributed by atoms with Gasteiger partial charge in [-0.15, -0.1) is 0 Å². The second-order valence-corrected chi connectivity index (χ2v) is 8.29. The Morgan fingerprint density at radius 2 is 1.93 bits per heavy atom. The summed E-state index contributed by atoms with van der Waals surface area (Å²) in [7, 11) is 0. The van der Waals surface area contributed by atoms with Crippen LogP contribution >= 0.6 is 11.8 Å². The lowest BCUT2D eigenvalue weighted by Gasteiger charge is -2.14. The maximum absolute atomic E-state index is 12.9. The number of thioether (sulfide) groups is 1. The SMILES string of the molecule is CC(C)CCn1c(SCCCCCn2cccn2)nc2ccccc2c1=O. The number of fused-ring (bicyclic) bond motifs is 1. The summed E-state index contributed by atoms with van der Waals surface area (Å²) in [4.78, 5) is 17.7. The minimum absolute atomic E-state index is 0.0856. The number of nitrogens with zero attached hydrogens (tertiary/aromatic N) is 4. The Hall–Kier alpha value is -2.08. The summed E-state index contributed by atoms with van der Waals surface area (Å²) in [5.41, 5.74) is 0.881. The molecule has 0 fully saturated rings. The molecule has 0 aliphatic carbocycles. The van der Waals surface area contributed by atoms with Gasteiger partial charge in [0.05, 0.1) is 10.9 Å². The third-order valence-electron chi connectivity index (χ3n) is 4.58. The van der Waals surface area contributed by atoms with Crippen LogP contribution in [0.15, 0.2) is 52.7 Å². The highest BCUT2D eigenvalue weighted by Gasteiger charge is 2.11. The fraction of sp³-hybridized carbons (Fsp3) is 0.476. The topological polar surface area (TPSA) is 52.7 Å². The first kappa shape index (κ1) is 19.7. The maximum atomic E-state index is 12.9. The third-order valence-corrected chi connectivity index (χ3v) is 5.64. The van der Waals surface area contributed by atoms with Gasteiger partial charge in [0.15, 0.2) is 5.16 Å². The molecule has 0 bridgehead atoms. The molecule has 0 aliphatic heterocycles. The Balaban J connectivity index is 1.62. The van der Waals surface area contributed by atoms with Crippen molar-refractivity contribution in [3.63, 3.8) is 0 Å². The predicted octanol–water partition coefficient (Wildman–Crippen LogP) is 4.60. The van der Waals surface area contributed by atoms with Gasteiger partial charge in [-0.25, -0.2) is 4.98 Å². The van der Waals surface area contributed by atoms with Crippen molar-refractivity contribution in [2.24, 2.45) is 5.92 Å². The minimum Gasteiger partial charge on any atom is -0.287 e. The molecule has 0 spiro atoms. The number of benzene rings is 1. The molecule has 0 aliphatic rings. The van der Waals surface area contributed by atoms with Gasteiger partial charge in [0.2, 0.25) is 0 Å². The van der Waals surface area contributed by atoms with Crippen LogP contribution < -0.4 is 5.56 Å². The van der Waals surface area contributed by atoms with E-state index in [0.717, 1.165) is 55.2 Å². The van der Waals surface area contributed by atoms with E-state index >= 15 is 0 Å². The number of para-hydroxylation sites is 1. The first-order valence-corrected chi connectivity index (χ1v) is 10.7.